The summed E-state index contributed by atoms with van der Waals surface area (Å²) in [6.45, 7) is 11.7. The van der Waals surface area contributed by atoms with Gasteiger partial charge in [0.25, 0.3) is 0 Å². The van der Waals surface area contributed by atoms with Crippen LogP contribution in [0, 0.1) is 0 Å². The Morgan fingerprint density at radius 2 is 2.05 bits per heavy atom. The number of esters is 1. The summed E-state index contributed by atoms with van der Waals surface area (Å²) in [5, 5.41) is 15.7. The topological polar surface area (TPSA) is 117 Å². The molecule has 0 bridgehead atoms. The number of nitrogens with one attached hydrogen (secondary N) is 1. The van der Waals surface area contributed by atoms with Crippen LogP contribution in [-0.4, -0.2) is 52.2 Å². The molecule has 0 aromatic carbocycles. The van der Waals surface area contributed by atoms with Gasteiger partial charge >= 0.3 is 13.0 Å². The standard InChI is InChI=1S/C12H27BN4O4Si/c1-12(2,3)22(6,7)21-9(8-15-17-14)10(11(18)20-5)16-13(4)19/h9-10,16,19H,8H2,1-7H3/t9-,10-/m0/s1. The van der Waals surface area contributed by atoms with E-state index in [0.29, 0.717) is 0 Å². The first-order valence-corrected chi connectivity index (χ1v) is 10.1. The lowest BCUT2D eigenvalue weighted by Crippen LogP contribution is -2.57. The first-order chi connectivity index (χ1) is 9.96. The van der Waals surface area contributed by atoms with Crippen LogP contribution < -0.4 is 5.23 Å². The molecule has 0 heterocycles. The number of rotatable bonds is 8. The van der Waals surface area contributed by atoms with Crippen molar-refractivity contribution in [3.05, 3.63) is 10.4 Å². The fourth-order valence-corrected chi connectivity index (χ4v) is 2.92. The minimum absolute atomic E-state index is 0.0253. The summed E-state index contributed by atoms with van der Waals surface area (Å²) in [6, 6.07) is -0.912. The summed E-state index contributed by atoms with van der Waals surface area (Å²) in [7, 11) is -1.87. The van der Waals surface area contributed by atoms with Gasteiger partial charge in [-0.2, -0.15) is 0 Å². The van der Waals surface area contributed by atoms with Crippen molar-refractivity contribution >= 4 is 21.3 Å². The molecule has 0 spiro atoms. The van der Waals surface area contributed by atoms with Crippen LogP contribution in [0.4, 0.5) is 0 Å². The van der Waals surface area contributed by atoms with E-state index < -0.39 is 33.5 Å². The molecule has 0 radical (unpaired) electrons. The second-order valence-electron chi connectivity index (χ2n) is 6.67. The molecule has 0 unspecified atom stereocenters. The third-order valence-corrected chi connectivity index (χ3v) is 8.33. The zero-order valence-electron chi connectivity index (χ0n) is 14.5. The predicted octanol–water partition coefficient (Wildman–Crippen LogP) is 1.93. The lowest BCUT2D eigenvalue weighted by molar-refractivity contribution is -0.145. The SMILES string of the molecule is COC(=O)[C@@H](NB(C)O)[C@H](CN=[N+]=[N-])O[Si](C)(C)C(C)(C)C. The van der Waals surface area contributed by atoms with Crippen LogP contribution in [0.1, 0.15) is 20.8 Å². The van der Waals surface area contributed by atoms with Crippen LogP contribution >= 0.6 is 0 Å². The highest BCUT2D eigenvalue weighted by Gasteiger charge is 2.42. The van der Waals surface area contributed by atoms with Crippen LogP contribution in [0.25, 0.3) is 10.4 Å². The fraction of sp³-hybridized carbons (Fsp3) is 0.917. The first kappa shape index (κ1) is 20.9. The number of methoxy groups -OCH3 is 1. The van der Waals surface area contributed by atoms with Gasteiger partial charge in [-0.25, -0.2) is 0 Å². The molecule has 0 rings (SSSR count). The molecule has 126 valence electrons. The number of hydrogen-bond acceptors (Lipinski definition) is 6. The lowest BCUT2D eigenvalue weighted by atomic mass is 9.86. The molecule has 2 N–H and O–H groups in total. The smallest absolute Gasteiger partial charge is 0.374 e. The van der Waals surface area contributed by atoms with Crippen LogP contribution in [0.15, 0.2) is 5.11 Å². The average molecular weight is 330 g/mol. The van der Waals surface area contributed by atoms with Crippen molar-refractivity contribution in [1.82, 2.24) is 5.23 Å². The Kier molecular flexibility index (Phi) is 8.13. The minimum atomic E-state index is -2.20. The van der Waals surface area contributed by atoms with E-state index in [1.54, 1.807) is 0 Å². The molecule has 0 aliphatic carbocycles. The van der Waals surface area contributed by atoms with E-state index in [0.717, 1.165) is 0 Å². The van der Waals surface area contributed by atoms with E-state index in [1.165, 1.54) is 13.9 Å². The number of hydrogen-bond donors (Lipinski definition) is 2. The quantitative estimate of drug-likeness (QED) is 0.232. The second kappa shape index (κ2) is 8.54. The maximum atomic E-state index is 12.0. The van der Waals surface area contributed by atoms with E-state index in [4.69, 9.17) is 14.7 Å². The van der Waals surface area contributed by atoms with Crippen molar-refractivity contribution in [2.24, 2.45) is 5.11 Å². The van der Waals surface area contributed by atoms with Gasteiger partial charge in [-0.3, -0.25) is 4.79 Å². The largest absolute Gasteiger partial charge is 0.468 e. The van der Waals surface area contributed by atoms with Gasteiger partial charge in [0, 0.05) is 4.91 Å². The van der Waals surface area contributed by atoms with Gasteiger partial charge in [0.1, 0.15) is 6.04 Å². The number of ether oxygens (including phenoxy) is 1. The van der Waals surface area contributed by atoms with Crippen molar-refractivity contribution in [1.29, 1.82) is 0 Å². The molecule has 10 heteroatoms. The number of nitrogens with zero attached hydrogens (tertiary/aromatic N) is 3. The number of azide groups is 1. The zero-order chi connectivity index (χ0) is 17.6. The maximum Gasteiger partial charge on any atom is 0.374 e. The third-order valence-electron chi connectivity index (χ3n) is 3.82. The Morgan fingerprint density at radius 3 is 2.41 bits per heavy atom. The van der Waals surface area contributed by atoms with Crippen molar-refractivity contribution in [3.63, 3.8) is 0 Å². The molecule has 0 aromatic rings. The highest BCUT2D eigenvalue weighted by atomic mass is 28.4. The molecule has 8 nitrogen and oxygen atoms in total. The molecular weight excluding hydrogens is 303 g/mol. The molecule has 0 amide bonds. The van der Waals surface area contributed by atoms with E-state index in [1.807, 2.05) is 13.1 Å². The van der Waals surface area contributed by atoms with Crippen molar-refractivity contribution in [3.8, 4) is 0 Å². The Balaban J connectivity index is 5.46. The molecule has 0 fully saturated rings. The van der Waals surface area contributed by atoms with Gasteiger partial charge in [-0.05, 0) is 30.5 Å². The van der Waals surface area contributed by atoms with Crippen LogP contribution in [0.2, 0.25) is 25.0 Å². The minimum Gasteiger partial charge on any atom is -0.468 e. The zero-order valence-corrected chi connectivity index (χ0v) is 15.5. The van der Waals surface area contributed by atoms with Gasteiger partial charge in [0.05, 0.1) is 19.8 Å². The monoisotopic (exact) mass is 330 g/mol. The van der Waals surface area contributed by atoms with E-state index in [2.05, 4.69) is 36.0 Å². The molecular formula is C12H27BN4O4Si. The average Bonchev–Trinajstić information content (AvgIpc) is 2.38. The third kappa shape index (κ3) is 6.37. The van der Waals surface area contributed by atoms with E-state index in [-0.39, 0.29) is 11.6 Å². The van der Waals surface area contributed by atoms with Gasteiger partial charge in [0.15, 0.2) is 8.32 Å². The van der Waals surface area contributed by atoms with Gasteiger partial charge in [-0.15, -0.1) is 0 Å². The molecule has 0 aromatic heterocycles. The van der Waals surface area contributed by atoms with E-state index in [9.17, 15) is 9.82 Å². The van der Waals surface area contributed by atoms with Crippen molar-refractivity contribution < 1.29 is 19.0 Å². The summed E-state index contributed by atoms with van der Waals surface area (Å²) in [6.07, 6.45) is -0.709. The summed E-state index contributed by atoms with van der Waals surface area (Å²) in [4.78, 5) is 14.7. The summed E-state index contributed by atoms with van der Waals surface area (Å²) < 4.78 is 11.0. The fourth-order valence-electron chi connectivity index (χ4n) is 1.60. The summed E-state index contributed by atoms with van der Waals surface area (Å²) >= 11 is 0. The highest BCUT2D eigenvalue weighted by Crippen LogP contribution is 2.37. The highest BCUT2D eigenvalue weighted by molar-refractivity contribution is 6.74. The summed E-state index contributed by atoms with van der Waals surface area (Å²) in [5.74, 6) is -0.572. The van der Waals surface area contributed by atoms with Crippen LogP contribution in [0.5, 0.6) is 0 Å². The van der Waals surface area contributed by atoms with Gasteiger partial charge < -0.3 is 19.4 Å². The molecule has 0 saturated heterocycles. The Bertz CT molecular complexity index is 422. The summed E-state index contributed by atoms with van der Waals surface area (Å²) in [5.41, 5.74) is 8.56. The Labute approximate surface area is 133 Å². The Hall–Kier alpha value is -1.06. The maximum absolute atomic E-state index is 12.0. The van der Waals surface area contributed by atoms with Crippen molar-refractivity contribution in [2.45, 2.75) is 57.9 Å². The lowest BCUT2D eigenvalue weighted by Gasteiger charge is -2.40. The van der Waals surface area contributed by atoms with Crippen molar-refractivity contribution in [2.75, 3.05) is 13.7 Å². The van der Waals surface area contributed by atoms with E-state index >= 15 is 0 Å². The number of carbonyl (C=O) groups is 1. The molecule has 0 saturated carbocycles. The molecule has 0 aliphatic rings. The predicted molar refractivity (Wildman–Crippen MR) is 88.9 cm³/mol. The number of carbonyl (C=O) groups excluding carboxylic acids is 1. The molecule has 22 heavy (non-hydrogen) atoms. The molecule has 0 aliphatic heterocycles. The van der Waals surface area contributed by atoms with Gasteiger partial charge in [-0.1, -0.05) is 25.9 Å². The van der Waals surface area contributed by atoms with Gasteiger partial charge in [0.2, 0.25) is 0 Å². The van der Waals surface area contributed by atoms with Crippen LogP contribution in [0.3, 0.4) is 0 Å². The first-order valence-electron chi connectivity index (χ1n) is 7.17. The van der Waals surface area contributed by atoms with Crippen LogP contribution in [-0.2, 0) is 14.0 Å². The normalized spacial score (nSPS) is 14.7. The second-order valence-corrected chi connectivity index (χ2v) is 11.4. The Morgan fingerprint density at radius 1 is 1.50 bits per heavy atom. The molecule has 2 atom stereocenters.